The Balaban J connectivity index is 1.47. The zero-order valence-electron chi connectivity index (χ0n) is 28.9. The number of benzene rings is 1. The summed E-state index contributed by atoms with van der Waals surface area (Å²) in [5.74, 6) is 0.222. The molecule has 1 saturated heterocycles. The monoisotopic (exact) mass is 715 g/mol. The van der Waals surface area contributed by atoms with Crippen LogP contribution >= 0.6 is 11.6 Å². The number of hydrogen-bond acceptors (Lipinski definition) is 11. The van der Waals surface area contributed by atoms with Gasteiger partial charge in [-0.05, 0) is 57.1 Å². The molecule has 5 atom stereocenters. The Labute approximate surface area is 294 Å². The zero-order valence-corrected chi connectivity index (χ0v) is 29.7. The standard InChI is InChI=1S/C34H58ClN5O9/c1-22(9-8-14-40-15-11-23(12-16-40)39-34(48)24-18-25(35)26(36)19-29(24)49-2)17-31(45)37-13-7-5-3-4-6-10-30(44)38-20-27(42)32(46)33(47)28(43)21-41/h18-19,22-23,27-28,32-33,41-43,46-47H,3-17,20-21,36H2,1-2H3,(H,37,45)(H,38,44)(H,39,48)/t22?,27-,28+,32+,33+/m0/s1. The number of nitrogens with one attached hydrogen (secondary N) is 3. The van der Waals surface area contributed by atoms with Crippen molar-refractivity contribution in [2.75, 3.05) is 52.2 Å². The van der Waals surface area contributed by atoms with Crippen molar-refractivity contribution in [3.8, 4) is 5.75 Å². The molecule has 0 saturated carbocycles. The molecule has 1 aliphatic heterocycles. The van der Waals surface area contributed by atoms with Crippen LogP contribution in [-0.2, 0) is 9.59 Å². The molecule has 1 aliphatic rings. The van der Waals surface area contributed by atoms with Gasteiger partial charge in [-0.15, -0.1) is 0 Å². The van der Waals surface area contributed by atoms with Gasteiger partial charge in [0.2, 0.25) is 11.8 Å². The molecule has 2 rings (SSSR count). The molecule has 1 fully saturated rings. The molecule has 3 amide bonds. The number of nitrogens with zero attached hydrogens (tertiary/aromatic N) is 1. The average Bonchev–Trinajstić information content (AvgIpc) is 3.08. The number of carbonyl (C=O) groups is 3. The Kier molecular flexibility index (Phi) is 19.8. The first kappa shape index (κ1) is 42.4. The minimum absolute atomic E-state index is 0.0606. The molecule has 15 heteroatoms. The summed E-state index contributed by atoms with van der Waals surface area (Å²) >= 11 is 6.11. The Morgan fingerprint density at radius 3 is 2.29 bits per heavy atom. The maximum absolute atomic E-state index is 12.8. The van der Waals surface area contributed by atoms with E-state index in [4.69, 9.17) is 27.2 Å². The largest absolute Gasteiger partial charge is 0.496 e. The summed E-state index contributed by atoms with van der Waals surface area (Å²) in [7, 11) is 1.49. The van der Waals surface area contributed by atoms with Crippen LogP contribution in [0.3, 0.4) is 0 Å². The van der Waals surface area contributed by atoms with Gasteiger partial charge < -0.3 is 56.9 Å². The Hall–Kier alpha value is -2.72. The number of anilines is 1. The Bertz CT molecular complexity index is 1160. The van der Waals surface area contributed by atoms with E-state index in [9.17, 15) is 34.8 Å². The molecule has 0 aromatic heterocycles. The van der Waals surface area contributed by atoms with Crippen LogP contribution in [-0.4, -0.2) is 125 Å². The van der Waals surface area contributed by atoms with Crippen LogP contribution in [0, 0.1) is 5.92 Å². The molecule has 1 unspecified atom stereocenters. The molecule has 1 aromatic rings. The molecule has 14 nitrogen and oxygen atoms in total. The number of ether oxygens (including phenoxy) is 1. The fourth-order valence-electron chi connectivity index (χ4n) is 5.79. The van der Waals surface area contributed by atoms with Gasteiger partial charge in [0.25, 0.3) is 5.91 Å². The normalized spacial score (nSPS) is 17.1. The number of likely N-dealkylation sites (tertiary alicyclic amines) is 1. The number of aliphatic hydroxyl groups excluding tert-OH is 5. The van der Waals surface area contributed by atoms with Crippen LogP contribution in [0.1, 0.15) is 87.9 Å². The van der Waals surface area contributed by atoms with E-state index in [-0.39, 0.29) is 42.6 Å². The lowest BCUT2D eigenvalue weighted by molar-refractivity contribution is -0.126. The van der Waals surface area contributed by atoms with Gasteiger partial charge in [0, 0.05) is 51.1 Å². The van der Waals surface area contributed by atoms with Gasteiger partial charge in [-0.1, -0.05) is 37.8 Å². The highest BCUT2D eigenvalue weighted by molar-refractivity contribution is 6.33. The number of piperidine rings is 1. The highest BCUT2D eigenvalue weighted by Gasteiger charge is 2.30. The van der Waals surface area contributed by atoms with Gasteiger partial charge in [-0.2, -0.15) is 0 Å². The number of nitrogens with two attached hydrogens (primary N) is 1. The quantitative estimate of drug-likeness (QED) is 0.0572. The number of halogens is 1. The minimum atomic E-state index is -1.73. The van der Waals surface area contributed by atoms with Crippen molar-refractivity contribution in [3.63, 3.8) is 0 Å². The van der Waals surface area contributed by atoms with Crippen LogP contribution in [0.2, 0.25) is 5.02 Å². The van der Waals surface area contributed by atoms with Gasteiger partial charge in [-0.25, -0.2) is 0 Å². The summed E-state index contributed by atoms with van der Waals surface area (Å²) < 4.78 is 5.30. The SMILES string of the molecule is COc1cc(N)c(Cl)cc1C(=O)NC1CCN(CCCC(C)CC(=O)NCCCCCCCC(=O)NC[C@H](O)[C@@H](O)[C@H](O)[C@H](O)CO)CC1. The number of aliphatic hydroxyl groups is 5. The number of methoxy groups -OCH3 is 1. The maximum Gasteiger partial charge on any atom is 0.255 e. The summed E-state index contributed by atoms with van der Waals surface area (Å²) in [6, 6.07) is 3.17. The second-order valence-electron chi connectivity index (χ2n) is 13.1. The molecule has 0 radical (unpaired) electrons. The smallest absolute Gasteiger partial charge is 0.255 e. The molecule has 1 heterocycles. The lowest BCUT2D eigenvalue weighted by Crippen LogP contribution is -2.49. The van der Waals surface area contributed by atoms with Crippen LogP contribution in [0.15, 0.2) is 12.1 Å². The fourth-order valence-corrected chi connectivity index (χ4v) is 5.96. The van der Waals surface area contributed by atoms with E-state index in [2.05, 4.69) is 27.8 Å². The van der Waals surface area contributed by atoms with E-state index < -0.39 is 31.0 Å². The van der Waals surface area contributed by atoms with Gasteiger partial charge in [0.05, 0.1) is 36.1 Å². The molecule has 1 aromatic carbocycles. The zero-order chi connectivity index (χ0) is 36.3. The number of nitrogen functional groups attached to an aromatic ring is 1. The lowest BCUT2D eigenvalue weighted by Gasteiger charge is -2.32. The van der Waals surface area contributed by atoms with E-state index in [0.717, 1.165) is 71.0 Å². The van der Waals surface area contributed by atoms with Crippen LogP contribution < -0.4 is 26.4 Å². The van der Waals surface area contributed by atoms with Crippen molar-refractivity contribution in [1.29, 1.82) is 0 Å². The van der Waals surface area contributed by atoms with E-state index in [1.165, 1.54) is 13.2 Å². The second-order valence-corrected chi connectivity index (χ2v) is 13.5. The van der Waals surface area contributed by atoms with E-state index in [0.29, 0.717) is 41.4 Å². The van der Waals surface area contributed by atoms with Gasteiger partial charge in [0.15, 0.2) is 0 Å². The predicted molar refractivity (Wildman–Crippen MR) is 187 cm³/mol. The number of amides is 3. The summed E-state index contributed by atoms with van der Waals surface area (Å²) in [4.78, 5) is 39.6. The van der Waals surface area contributed by atoms with E-state index in [1.807, 2.05) is 0 Å². The van der Waals surface area contributed by atoms with Crippen molar-refractivity contribution >= 4 is 35.0 Å². The van der Waals surface area contributed by atoms with Crippen LogP contribution in [0.25, 0.3) is 0 Å². The highest BCUT2D eigenvalue weighted by atomic mass is 35.5. The summed E-state index contributed by atoms with van der Waals surface area (Å²) in [6.45, 7) is 4.42. The minimum Gasteiger partial charge on any atom is -0.496 e. The molecule has 0 spiro atoms. The van der Waals surface area contributed by atoms with Gasteiger partial charge >= 0.3 is 0 Å². The predicted octanol–water partition coefficient (Wildman–Crippen LogP) is 0.940. The number of unbranched alkanes of at least 4 members (excludes halogenated alkanes) is 4. The number of rotatable bonds is 23. The van der Waals surface area contributed by atoms with Crippen molar-refractivity contribution < 1.29 is 44.7 Å². The lowest BCUT2D eigenvalue weighted by atomic mass is 10.00. The molecular formula is C34H58ClN5O9. The number of carbonyl (C=O) groups excluding carboxylic acids is 3. The molecule has 0 bridgehead atoms. The first-order chi connectivity index (χ1) is 23.4. The van der Waals surface area contributed by atoms with E-state index in [1.54, 1.807) is 6.07 Å². The molecular weight excluding hydrogens is 658 g/mol. The van der Waals surface area contributed by atoms with E-state index >= 15 is 0 Å². The molecule has 280 valence electrons. The number of hydrogen-bond donors (Lipinski definition) is 9. The van der Waals surface area contributed by atoms with Gasteiger partial charge in [-0.3, -0.25) is 14.4 Å². The first-order valence-corrected chi connectivity index (χ1v) is 17.8. The molecule has 49 heavy (non-hydrogen) atoms. The van der Waals surface area contributed by atoms with Crippen LogP contribution in [0.4, 0.5) is 5.69 Å². The molecule has 0 aliphatic carbocycles. The first-order valence-electron chi connectivity index (χ1n) is 17.4. The van der Waals surface area contributed by atoms with Crippen LogP contribution in [0.5, 0.6) is 5.75 Å². The Morgan fingerprint density at radius 1 is 0.959 bits per heavy atom. The van der Waals surface area contributed by atoms with Crippen molar-refractivity contribution in [2.24, 2.45) is 5.92 Å². The van der Waals surface area contributed by atoms with Gasteiger partial charge in [0.1, 0.15) is 24.1 Å². The third-order valence-electron chi connectivity index (χ3n) is 8.93. The average molecular weight is 716 g/mol. The third kappa shape index (κ3) is 15.8. The van der Waals surface area contributed by atoms with Crippen molar-refractivity contribution in [1.82, 2.24) is 20.9 Å². The summed E-state index contributed by atoms with van der Waals surface area (Å²) in [5, 5.41) is 56.3. The summed E-state index contributed by atoms with van der Waals surface area (Å²) in [5.41, 5.74) is 6.56. The van der Waals surface area contributed by atoms with Crippen molar-refractivity contribution in [2.45, 2.75) is 108 Å². The fraction of sp³-hybridized carbons (Fsp3) is 0.735. The van der Waals surface area contributed by atoms with Crippen molar-refractivity contribution in [3.05, 3.63) is 22.7 Å². The topological polar surface area (TPSA) is 227 Å². The summed E-state index contributed by atoms with van der Waals surface area (Å²) in [6.07, 6.45) is 2.13. The highest BCUT2D eigenvalue weighted by Crippen LogP contribution is 2.29. The Morgan fingerprint density at radius 2 is 1.61 bits per heavy atom. The molecule has 10 N–H and O–H groups in total. The third-order valence-corrected chi connectivity index (χ3v) is 9.26. The second kappa shape index (κ2) is 22.9. The maximum atomic E-state index is 12.8.